The quantitative estimate of drug-likeness (QED) is 0.762. The number of aliphatic hydroxyl groups excluding tert-OH is 1. The van der Waals surface area contributed by atoms with E-state index in [0.717, 1.165) is 12.3 Å². The average molecular weight is 192 g/mol. The Labute approximate surface area is 83.5 Å². The highest BCUT2D eigenvalue weighted by molar-refractivity contribution is 5.34. The maximum Gasteiger partial charge on any atom is 0.0688 e. The van der Waals surface area contributed by atoms with Crippen molar-refractivity contribution >= 4 is 0 Å². The second-order valence-corrected chi connectivity index (χ2v) is 4.52. The lowest BCUT2D eigenvalue weighted by Gasteiger charge is -2.01. The number of aliphatic hydroxyl groups is 1. The molecule has 2 fully saturated rings. The molecular formula is C11H16N2O. The zero-order valence-electron chi connectivity index (χ0n) is 8.29. The molecule has 3 rings (SSSR count). The van der Waals surface area contributed by atoms with Crippen LogP contribution in [0, 0.1) is 0 Å². The Morgan fingerprint density at radius 2 is 1.93 bits per heavy atom. The zero-order chi connectivity index (χ0) is 9.54. The summed E-state index contributed by atoms with van der Waals surface area (Å²) in [6, 6.07) is 0. The summed E-state index contributed by atoms with van der Waals surface area (Å²) in [5.41, 5.74) is 3.90. The standard InChI is InChI=1S/C11H16N2O/c14-6-5-9-10(7-1-2-7)12-13-11(9)8-3-4-8/h7-8,14H,1-6H2,(H,12,13). The molecule has 3 heteroatoms. The van der Waals surface area contributed by atoms with Crippen LogP contribution in [-0.4, -0.2) is 21.9 Å². The van der Waals surface area contributed by atoms with E-state index < -0.39 is 0 Å². The molecule has 2 aliphatic rings. The first kappa shape index (κ1) is 8.48. The number of hydrogen-bond acceptors (Lipinski definition) is 2. The molecule has 14 heavy (non-hydrogen) atoms. The molecule has 0 saturated heterocycles. The number of nitrogens with zero attached hydrogens (tertiary/aromatic N) is 1. The van der Waals surface area contributed by atoms with Gasteiger partial charge in [-0.3, -0.25) is 5.10 Å². The number of rotatable bonds is 4. The van der Waals surface area contributed by atoms with Gasteiger partial charge in [0.1, 0.15) is 0 Å². The van der Waals surface area contributed by atoms with Crippen molar-refractivity contribution in [2.75, 3.05) is 6.61 Å². The summed E-state index contributed by atoms with van der Waals surface area (Å²) in [5, 5.41) is 16.7. The Kier molecular flexibility index (Phi) is 1.87. The minimum absolute atomic E-state index is 0.249. The monoisotopic (exact) mass is 192 g/mol. The molecule has 0 bridgehead atoms. The van der Waals surface area contributed by atoms with Gasteiger partial charge in [-0.05, 0) is 37.7 Å². The summed E-state index contributed by atoms with van der Waals surface area (Å²) in [5.74, 6) is 1.41. The molecule has 0 spiro atoms. The lowest BCUT2D eigenvalue weighted by molar-refractivity contribution is 0.299. The van der Waals surface area contributed by atoms with Crippen LogP contribution in [-0.2, 0) is 6.42 Å². The molecule has 2 saturated carbocycles. The molecule has 0 atom stereocenters. The largest absolute Gasteiger partial charge is 0.396 e. The number of hydrogen-bond donors (Lipinski definition) is 2. The molecule has 1 aromatic heterocycles. The van der Waals surface area contributed by atoms with Gasteiger partial charge in [0.15, 0.2) is 0 Å². The van der Waals surface area contributed by atoms with Crippen molar-refractivity contribution in [3.8, 4) is 0 Å². The Balaban J connectivity index is 1.93. The molecule has 0 radical (unpaired) electrons. The van der Waals surface area contributed by atoms with E-state index in [-0.39, 0.29) is 6.61 Å². The summed E-state index contributed by atoms with van der Waals surface area (Å²) in [6.07, 6.45) is 5.95. The van der Waals surface area contributed by atoms with E-state index in [1.165, 1.54) is 42.6 Å². The molecule has 0 amide bonds. The number of aromatic amines is 1. The van der Waals surface area contributed by atoms with E-state index in [9.17, 15) is 0 Å². The van der Waals surface area contributed by atoms with Gasteiger partial charge in [-0.25, -0.2) is 0 Å². The first-order chi connectivity index (χ1) is 6.90. The summed E-state index contributed by atoms with van der Waals surface area (Å²) >= 11 is 0. The van der Waals surface area contributed by atoms with Crippen LogP contribution in [0.5, 0.6) is 0 Å². The lowest BCUT2D eigenvalue weighted by atomic mass is 10.0. The van der Waals surface area contributed by atoms with E-state index in [1.54, 1.807) is 0 Å². The lowest BCUT2D eigenvalue weighted by Crippen LogP contribution is -1.97. The topological polar surface area (TPSA) is 48.9 Å². The predicted octanol–water partition coefficient (Wildman–Crippen LogP) is 1.70. The smallest absolute Gasteiger partial charge is 0.0688 e. The van der Waals surface area contributed by atoms with Crippen LogP contribution in [0.15, 0.2) is 0 Å². The van der Waals surface area contributed by atoms with Gasteiger partial charge in [-0.2, -0.15) is 5.10 Å². The molecule has 0 aromatic carbocycles. The maximum atomic E-state index is 9.05. The number of nitrogens with one attached hydrogen (secondary N) is 1. The van der Waals surface area contributed by atoms with Gasteiger partial charge >= 0.3 is 0 Å². The first-order valence-electron chi connectivity index (χ1n) is 5.58. The van der Waals surface area contributed by atoms with Crippen molar-refractivity contribution in [1.29, 1.82) is 0 Å². The molecule has 2 aliphatic carbocycles. The van der Waals surface area contributed by atoms with Crippen molar-refractivity contribution in [3.63, 3.8) is 0 Å². The second kappa shape index (κ2) is 3.09. The molecule has 1 aromatic rings. The van der Waals surface area contributed by atoms with Crippen LogP contribution < -0.4 is 0 Å². The summed E-state index contributed by atoms with van der Waals surface area (Å²) in [7, 11) is 0. The first-order valence-corrected chi connectivity index (χ1v) is 5.58. The van der Waals surface area contributed by atoms with Crippen molar-refractivity contribution in [2.24, 2.45) is 0 Å². The van der Waals surface area contributed by atoms with Crippen LogP contribution in [0.3, 0.4) is 0 Å². The molecule has 2 N–H and O–H groups in total. The Morgan fingerprint density at radius 1 is 1.21 bits per heavy atom. The zero-order valence-corrected chi connectivity index (χ0v) is 8.29. The number of H-pyrrole nitrogens is 1. The minimum atomic E-state index is 0.249. The second-order valence-electron chi connectivity index (χ2n) is 4.52. The summed E-state index contributed by atoms with van der Waals surface area (Å²) < 4.78 is 0. The van der Waals surface area contributed by atoms with Crippen molar-refractivity contribution in [1.82, 2.24) is 10.2 Å². The van der Waals surface area contributed by atoms with Crippen LogP contribution >= 0.6 is 0 Å². The minimum Gasteiger partial charge on any atom is -0.396 e. The normalized spacial score (nSPS) is 21.5. The third-order valence-corrected chi connectivity index (χ3v) is 3.24. The number of aromatic nitrogens is 2. The van der Waals surface area contributed by atoms with Gasteiger partial charge in [-0.15, -0.1) is 0 Å². The maximum absolute atomic E-state index is 9.05. The highest BCUT2D eigenvalue weighted by atomic mass is 16.2. The highest BCUT2D eigenvalue weighted by Crippen LogP contribution is 2.46. The van der Waals surface area contributed by atoms with Gasteiger partial charge in [0.25, 0.3) is 0 Å². The fourth-order valence-corrected chi connectivity index (χ4v) is 2.17. The van der Waals surface area contributed by atoms with Gasteiger partial charge in [0.2, 0.25) is 0 Å². The van der Waals surface area contributed by atoms with E-state index in [0.29, 0.717) is 5.92 Å². The van der Waals surface area contributed by atoms with Gasteiger partial charge in [0.05, 0.1) is 5.69 Å². The van der Waals surface area contributed by atoms with Gasteiger partial charge in [0, 0.05) is 24.1 Å². The Bertz CT molecular complexity index is 308. The molecule has 3 nitrogen and oxygen atoms in total. The fourth-order valence-electron chi connectivity index (χ4n) is 2.17. The van der Waals surface area contributed by atoms with Crippen LogP contribution in [0.2, 0.25) is 0 Å². The molecule has 76 valence electrons. The highest BCUT2D eigenvalue weighted by Gasteiger charge is 2.34. The molecular weight excluding hydrogens is 176 g/mol. The van der Waals surface area contributed by atoms with Crippen LogP contribution in [0.4, 0.5) is 0 Å². The summed E-state index contributed by atoms with van der Waals surface area (Å²) in [4.78, 5) is 0. The third-order valence-electron chi connectivity index (χ3n) is 3.24. The predicted molar refractivity (Wildman–Crippen MR) is 53.3 cm³/mol. The van der Waals surface area contributed by atoms with E-state index in [2.05, 4.69) is 10.2 Å². The molecule has 1 heterocycles. The van der Waals surface area contributed by atoms with Crippen molar-refractivity contribution < 1.29 is 5.11 Å². The van der Waals surface area contributed by atoms with E-state index in [4.69, 9.17) is 5.11 Å². The Hall–Kier alpha value is -0.830. The molecule has 0 unspecified atom stereocenters. The van der Waals surface area contributed by atoms with E-state index >= 15 is 0 Å². The van der Waals surface area contributed by atoms with Gasteiger partial charge in [-0.1, -0.05) is 0 Å². The van der Waals surface area contributed by atoms with E-state index in [1.807, 2.05) is 0 Å². The molecule has 0 aliphatic heterocycles. The van der Waals surface area contributed by atoms with Crippen molar-refractivity contribution in [2.45, 2.75) is 43.9 Å². The van der Waals surface area contributed by atoms with Crippen molar-refractivity contribution in [3.05, 3.63) is 17.0 Å². The SMILES string of the molecule is OCCc1c(C2CC2)n[nH]c1C1CC1. The van der Waals surface area contributed by atoms with Crippen LogP contribution in [0.25, 0.3) is 0 Å². The van der Waals surface area contributed by atoms with Crippen LogP contribution in [0.1, 0.15) is 54.5 Å². The fraction of sp³-hybridized carbons (Fsp3) is 0.727. The third kappa shape index (κ3) is 1.36. The Morgan fingerprint density at radius 3 is 2.50 bits per heavy atom. The van der Waals surface area contributed by atoms with Gasteiger partial charge < -0.3 is 5.11 Å². The summed E-state index contributed by atoms with van der Waals surface area (Å²) in [6.45, 7) is 0.249. The average Bonchev–Trinajstić information content (AvgIpc) is 3.08.